The Labute approximate surface area is 171 Å². The molecule has 2 fully saturated rings. The molecule has 156 valence electrons. The predicted molar refractivity (Wildman–Crippen MR) is 116 cm³/mol. The van der Waals surface area contributed by atoms with Crippen molar-refractivity contribution in [3.05, 3.63) is 35.4 Å². The monoisotopic (exact) mass is 385 g/mol. The summed E-state index contributed by atoms with van der Waals surface area (Å²) >= 11 is 0. The summed E-state index contributed by atoms with van der Waals surface area (Å²) in [4.78, 5) is 15.2. The van der Waals surface area contributed by atoms with E-state index in [-0.39, 0.29) is 11.9 Å². The molecule has 4 heteroatoms. The highest BCUT2D eigenvalue weighted by Gasteiger charge is 2.28. The van der Waals surface area contributed by atoms with Crippen molar-refractivity contribution in [2.24, 2.45) is 5.73 Å². The number of benzene rings is 1. The maximum atomic E-state index is 12.6. The molecule has 1 aliphatic heterocycles. The molecule has 2 aliphatic rings. The van der Waals surface area contributed by atoms with Gasteiger partial charge in [0, 0.05) is 37.3 Å². The van der Waals surface area contributed by atoms with E-state index in [0.29, 0.717) is 12.6 Å². The van der Waals surface area contributed by atoms with Gasteiger partial charge < -0.3 is 11.1 Å². The number of rotatable bonds is 4. The van der Waals surface area contributed by atoms with E-state index in [0.717, 1.165) is 30.6 Å². The van der Waals surface area contributed by atoms with Crippen LogP contribution in [-0.4, -0.2) is 36.0 Å². The van der Waals surface area contributed by atoms with Gasteiger partial charge in [-0.25, -0.2) is 0 Å². The van der Waals surface area contributed by atoms with Crippen molar-refractivity contribution < 1.29 is 4.79 Å². The Morgan fingerprint density at radius 1 is 0.893 bits per heavy atom. The zero-order valence-corrected chi connectivity index (χ0v) is 17.5. The van der Waals surface area contributed by atoms with Gasteiger partial charge >= 0.3 is 0 Å². The third-order valence-electron chi connectivity index (χ3n) is 6.60. The molecule has 3 N–H and O–H groups in total. The Kier molecular flexibility index (Phi) is 8.81. The molecule has 0 aromatic heterocycles. The third-order valence-corrected chi connectivity index (χ3v) is 6.60. The zero-order valence-electron chi connectivity index (χ0n) is 17.5. The molecule has 1 atom stereocenters. The molecular weight excluding hydrogens is 346 g/mol. The smallest absolute Gasteiger partial charge is 0.251 e. The fourth-order valence-electron chi connectivity index (χ4n) is 4.80. The summed E-state index contributed by atoms with van der Waals surface area (Å²) in [6.45, 7) is 2.65. The summed E-state index contributed by atoms with van der Waals surface area (Å²) < 4.78 is 0. The molecule has 1 saturated carbocycles. The lowest BCUT2D eigenvalue weighted by Crippen LogP contribution is -2.40. The molecule has 3 rings (SSSR count). The Morgan fingerprint density at radius 3 is 2.04 bits per heavy atom. The lowest BCUT2D eigenvalue weighted by molar-refractivity contribution is 0.0935. The molecule has 1 amide bonds. The van der Waals surface area contributed by atoms with Gasteiger partial charge in [-0.05, 0) is 37.0 Å². The SMILES string of the molecule is NCc1ccc(C(=O)NC2CCN(C3CCCCCCCCCCC3)C2)cc1. The van der Waals surface area contributed by atoms with E-state index < -0.39 is 0 Å². The molecule has 4 nitrogen and oxygen atoms in total. The van der Waals surface area contributed by atoms with E-state index in [4.69, 9.17) is 5.73 Å². The first-order valence-electron chi connectivity index (χ1n) is 11.6. The second-order valence-electron chi connectivity index (χ2n) is 8.77. The summed E-state index contributed by atoms with van der Waals surface area (Å²) in [7, 11) is 0. The van der Waals surface area contributed by atoms with Gasteiger partial charge in [-0.3, -0.25) is 9.69 Å². The van der Waals surface area contributed by atoms with Gasteiger partial charge in [-0.15, -0.1) is 0 Å². The van der Waals surface area contributed by atoms with Crippen molar-refractivity contribution >= 4 is 5.91 Å². The molecule has 1 unspecified atom stereocenters. The molecular formula is C24H39N3O. The first-order valence-corrected chi connectivity index (χ1v) is 11.6. The number of carbonyl (C=O) groups excluding carboxylic acids is 1. The van der Waals surface area contributed by atoms with Crippen LogP contribution in [0.2, 0.25) is 0 Å². The van der Waals surface area contributed by atoms with E-state index in [1.807, 2.05) is 24.3 Å². The first kappa shape index (κ1) is 21.3. The van der Waals surface area contributed by atoms with E-state index in [1.165, 1.54) is 70.6 Å². The van der Waals surface area contributed by atoms with Gasteiger partial charge in [0.05, 0.1) is 0 Å². The minimum Gasteiger partial charge on any atom is -0.348 e. The Balaban J connectivity index is 1.48. The maximum Gasteiger partial charge on any atom is 0.251 e. The highest BCUT2D eigenvalue weighted by Crippen LogP contribution is 2.24. The molecule has 1 heterocycles. The number of nitrogens with one attached hydrogen (secondary N) is 1. The van der Waals surface area contributed by atoms with Crippen LogP contribution in [0.15, 0.2) is 24.3 Å². The number of nitrogens with two attached hydrogens (primary N) is 1. The minimum atomic E-state index is 0.0501. The van der Waals surface area contributed by atoms with Crippen molar-refractivity contribution in [3.63, 3.8) is 0 Å². The maximum absolute atomic E-state index is 12.6. The fourth-order valence-corrected chi connectivity index (χ4v) is 4.80. The number of hydrogen-bond acceptors (Lipinski definition) is 3. The summed E-state index contributed by atoms with van der Waals surface area (Å²) in [5, 5.41) is 3.26. The number of carbonyl (C=O) groups is 1. The van der Waals surface area contributed by atoms with Crippen LogP contribution in [0.4, 0.5) is 0 Å². The molecule has 1 aliphatic carbocycles. The topological polar surface area (TPSA) is 58.4 Å². The third kappa shape index (κ3) is 6.59. The number of nitrogens with zero attached hydrogens (tertiary/aromatic N) is 1. The predicted octanol–water partition coefficient (Wildman–Crippen LogP) is 4.62. The highest BCUT2D eigenvalue weighted by atomic mass is 16.1. The Hall–Kier alpha value is -1.39. The molecule has 0 bridgehead atoms. The largest absolute Gasteiger partial charge is 0.348 e. The molecule has 0 spiro atoms. The second kappa shape index (κ2) is 11.6. The van der Waals surface area contributed by atoms with Gasteiger partial charge in [0.1, 0.15) is 0 Å². The van der Waals surface area contributed by atoms with Crippen LogP contribution in [0.1, 0.15) is 93.0 Å². The van der Waals surface area contributed by atoms with Crippen LogP contribution in [0, 0.1) is 0 Å². The lowest BCUT2D eigenvalue weighted by Gasteiger charge is -2.28. The lowest BCUT2D eigenvalue weighted by atomic mass is 9.97. The Bertz CT molecular complexity index is 574. The van der Waals surface area contributed by atoms with Crippen molar-refractivity contribution in [1.29, 1.82) is 0 Å². The molecule has 1 aromatic carbocycles. The van der Waals surface area contributed by atoms with E-state index in [9.17, 15) is 4.79 Å². The summed E-state index contributed by atoms with van der Waals surface area (Å²) in [5.41, 5.74) is 7.44. The van der Waals surface area contributed by atoms with Crippen LogP contribution in [0.25, 0.3) is 0 Å². The van der Waals surface area contributed by atoms with Crippen LogP contribution < -0.4 is 11.1 Å². The summed E-state index contributed by atoms with van der Waals surface area (Å²) in [6.07, 6.45) is 16.4. The molecule has 28 heavy (non-hydrogen) atoms. The van der Waals surface area contributed by atoms with E-state index in [2.05, 4.69) is 10.2 Å². The molecule has 0 radical (unpaired) electrons. The normalized spacial score (nSPS) is 23.7. The van der Waals surface area contributed by atoms with Crippen molar-refractivity contribution in [2.75, 3.05) is 13.1 Å². The van der Waals surface area contributed by atoms with Crippen LogP contribution in [0.5, 0.6) is 0 Å². The summed E-state index contributed by atoms with van der Waals surface area (Å²) in [5.74, 6) is 0.0501. The van der Waals surface area contributed by atoms with Gasteiger partial charge in [-0.2, -0.15) is 0 Å². The van der Waals surface area contributed by atoms with Gasteiger partial charge in [0.15, 0.2) is 0 Å². The van der Waals surface area contributed by atoms with E-state index in [1.54, 1.807) is 0 Å². The van der Waals surface area contributed by atoms with E-state index >= 15 is 0 Å². The van der Waals surface area contributed by atoms with Crippen molar-refractivity contribution in [1.82, 2.24) is 10.2 Å². The number of likely N-dealkylation sites (tertiary alicyclic amines) is 1. The second-order valence-corrected chi connectivity index (χ2v) is 8.77. The number of hydrogen-bond donors (Lipinski definition) is 2. The van der Waals surface area contributed by atoms with Gasteiger partial charge in [0.25, 0.3) is 5.91 Å². The standard InChI is InChI=1S/C24H39N3O/c25-18-20-12-14-21(15-13-20)24(28)26-22-16-17-27(19-22)23-10-8-6-4-2-1-3-5-7-9-11-23/h12-15,22-23H,1-11,16-19,25H2,(H,26,28). The van der Waals surface area contributed by atoms with Crippen LogP contribution in [0.3, 0.4) is 0 Å². The summed E-state index contributed by atoms with van der Waals surface area (Å²) in [6, 6.07) is 8.66. The fraction of sp³-hybridized carbons (Fsp3) is 0.708. The van der Waals surface area contributed by atoms with Crippen molar-refractivity contribution in [2.45, 2.75) is 95.7 Å². The number of amides is 1. The van der Waals surface area contributed by atoms with Crippen LogP contribution >= 0.6 is 0 Å². The van der Waals surface area contributed by atoms with Crippen LogP contribution in [-0.2, 0) is 6.54 Å². The average Bonchev–Trinajstić information content (AvgIpc) is 3.17. The quantitative estimate of drug-likeness (QED) is 0.795. The Morgan fingerprint density at radius 2 is 1.46 bits per heavy atom. The molecule has 1 aromatic rings. The van der Waals surface area contributed by atoms with Gasteiger partial charge in [0.2, 0.25) is 0 Å². The minimum absolute atomic E-state index is 0.0501. The molecule has 1 saturated heterocycles. The highest BCUT2D eigenvalue weighted by molar-refractivity contribution is 5.94. The van der Waals surface area contributed by atoms with Gasteiger partial charge in [-0.1, -0.05) is 69.9 Å². The zero-order chi connectivity index (χ0) is 19.6. The van der Waals surface area contributed by atoms with Crippen molar-refractivity contribution in [3.8, 4) is 0 Å². The first-order chi connectivity index (χ1) is 13.8. The average molecular weight is 386 g/mol.